The van der Waals surface area contributed by atoms with Crippen LogP contribution >= 0.6 is 0 Å². The van der Waals surface area contributed by atoms with E-state index in [0.29, 0.717) is 38.7 Å². The SMILES string of the molecule is CC#CCn1c(N2CCNCC2)nc2c1c(=O)n(OC(=O)C(F)(F)F)c(=O)n2CCOCC.COC(C)=O. The number of imidazole rings is 1. The van der Waals surface area contributed by atoms with E-state index in [1.165, 1.54) is 18.6 Å². The molecule has 2 aromatic rings. The molecule has 1 N–H and O–H groups in total. The van der Waals surface area contributed by atoms with Crippen molar-refractivity contribution in [2.24, 2.45) is 0 Å². The van der Waals surface area contributed by atoms with Crippen molar-refractivity contribution in [3.8, 4) is 11.8 Å². The summed E-state index contributed by atoms with van der Waals surface area (Å²) in [4.78, 5) is 57.5. The van der Waals surface area contributed by atoms with Crippen LogP contribution in [0.3, 0.4) is 0 Å². The number of hydrogen-bond donors (Lipinski definition) is 1. The van der Waals surface area contributed by atoms with E-state index in [4.69, 9.17) is 4.74 Å². The fourth-order valence-corrected chi connectivity index (χ4v) is 3.34. The van der Waals surface area contributed by atoms with E-state index >= 15 is 0 Å². The van der Waals surface area contributed by atoms with Gasteiger partial charge in [-0.2, -0.15) is 18.2 Å². The number of alkyl halides is 3. The molecule has 2 aromatic heterocycles. The Morgan fingerprint density at radius 3 is 2.32 bits per heavy atom. The van der Waals surface area contributed by atoms with Gasteiger partial charge in [-0.3, -0.25) is 18.7 Å². The Kier molecular flexibility index (Phi) is 10.9. The third-order valence-corrected chi connectivity index (χ3v) is 5.15. The molecule has 0 radical (unpaired) electrons. The van der Waals surface area contributed by atoms with Crippen LogP contribution in [-0.2, 0) is 32.2 Å². The Bertz CT molecular complexity index is 1310. The Balaban J connectivity index is 0.000000926. The third kappa shape index (κ3) is 7.35. The van der Waals surface area contributed by atoms with Gasteiger partial charge in [-0.25, -0.2) is 9.59 Å². The smallest absolute Gasteiger partial charge is 0.469 e. The van der Waals surface area contributed by atoms with E-state index in [2.05, 4.69) is 31.7 Å². The van der Waals surface area contributed by atoms with E-state index in [9.17, 15) is 32.3 Å². The second kappa shape index (κ2) is 13.6. The number of methoxy groups -OCH3 is 1. The number of halogens is 3. The number of esters is 1. The normalized spacial score (nSPS) is 13.3. The lowest BCUT2D eigenvalue weighted by Crippen LogP contribution is -2.48. The number of ether oxygens (including phenoxy) is 2. The number of rotatable bonds is 7. The highest BCUT2D eigenvalue weighted by Gasteiger charge is 2.43. The zero-order valence-electron chi connectivity index (χ0n) is 21.4. The minimum atomic E-state index is -5.41. The topological polar surface area (TPSA) is 139 Å². The zero-order chi connectivity index (χ0) is 28.5. The average Bonchev–Trinajstić information content (AvgIpc) is 3.26. The predicted molar refractivity (Wildman–Crippen MR) is 129 cm³/mol. The highest BCUT2D eigenvalue weighted by molar-refractivity contribution is 5.77. The molecule has 0 aliphatic carbocycles. The largest absolute Gasteiger partial charge is 0.493 e. The summed E-state index contributed by atoms with van der Waals surface area (Å²) in [6.45, 7) is 7.25. The van der Waals surface area contributed by atoms with Crippen molar-refractivity contribution in [2.45, 2.75) is 40.0 Å². The number of nitrogens with one attached hydrogen (secondary N) is 1. The molecule has 210 valence electrons. The lowest BCUT2D eigenvalue weighted by Gasteiger charge is -2.28. The highest BCUT2D eigenvalue weighted by Crippen LogP contribution is 2.21. The van der Waals surface area contributed by atoms with Gasteiger partial charge in [0.15, 0.2) is 11.2 Å². The highest BCUT2D eigenvalue weighted by atomic mass is 19.4. The van der Waals surface area contributed by atoms with Gasteiger partial charge in [0.25, 0.3) is 0 Å². The molecule has 1 fully saturated rings. The molecule has 3 heterocycles. The van der Waals surface area contributed by atoms with Gasteiger partial charge in [0.2, 0.25) is 5.95 Å². The first-order valence-corrected chi connectivity index (χ1v) is 11.5. The molecule has 16 heteroatoms. The molecule has 0 spiro atoms. The summed E-state index contributed by atoms with van der Waals surface area (Å²) in [6.07, 6.45) is -5.41. The van der Waals surface area contributed by atoms with Crippen molar-refractivity contribution in [1.29, 1.82) is 0 Å². The van der Waals surface area contributed by atoms with Crippen LogP contribution in [0.4, 0.5) is 19.1 Å². The predicted octanol–water partition coefficient (Wildman–Crippen LogP) is -0.474. The molecule has 38 heavy (non-hydrogen) atoms. The molecule has 0 unspecified atom stereocenters. The summed E-state index contributed by atoms with van der Waals surface area (Å²) in [5, 5.41) is 3.18. The first-order valence-electron chi connectivity index (χ1n) is 11.5. The monoisotopic (exact) mass is 546 g/mol. The first-order chi connectivity index (χ1) is 18.0. The number of anilines is 1. The minimum absolute atomic E-state index is 0.0154. The molecule has 0 bridgehead atoms. The standard InChI is InChI=1S/C19H23F3N6O5.C3H6O2/c1-3-5-8-26-13-14(24-17(26)25-9-6-23-7-10-25)27(11-12-32-4-2)18(31)28(15(13)29)33-16(30)19(20,21)22;1-3(4)5-2/h23H,4,6-12H2,1-2H3;1-2H3. The second-order valence-corrected chi connectivity index (χ2v) is 7.64. The summed E-state index contributed by atoms with van der Waals surface area (Å²) in [5.41, 5.74) is -2.79. The van der Waals surface area contributed by atoms with Crippen molar-refractivity contribution in [1.82, 2.24) is 24.2 Å². The van der Waals surface area contributed by atoms with Gasteiger partial charge in [-0.15, -0.1) is 5.92 Å². The fraction of sp³-hybridized carbons (Fsp3) is 0.591. The summed E-state index contributed by atoms with van der Waals surface area (Å²) < 4.78 is 49.9. The molecule has 1 aliphatic heterocycles. The van der Waals surface area contributed by atoms with Crippen molar-refractivity contribution in [3.05, 3.63) is 20.8 Å². The van der Waals surface area contributed by atoms with Crippen LogP contribution in [0.1, 0.15) is 20.8 Å². The zero-order valence-corrected chi connectivity index (χ0v) is 21.4. The van der Waals surface area contributed by atoms with Crippen LogP contribution in [0, 0.1) is 11.8 Å². The van der Waals surface area contributed by atoms with Crippen LogP contribution in [-0.4, -0.2) is 83.5 Å². The Morgan fingerprint density at radius 2 is 1.79 bits per heavy atom. The van der Waals surface area contributed by atoms with Crippen LogP contribution in [0.15, 0.2) is 9.59 Å². The maximum atomic E-state index is 13.1. The number of carbonyl (C=O) groups is 2. The summed E-state index contributed by atoms with van der Waals surface area (Å²) in [5.74, 6) is 2.89. The number of aromatic nitrogens is 4. The summed E-state index contributed by atoms with van der Waals surface area (Å²) in [6, 6.07) is 0. The van der Waals surface area contributed by atoms with Crippen LogP contribution in [0.25, 0.3) is 11.2 Å². The second-order valence-electron chi connectivity index (χ2n) is 7.64. The Morgan fingerprint density at radius 1 is 1.16 bits per heavy atom. The number of carbonyl (C=O) groups excluding carboxylic acids is 2. The van der Waals surface area contributed by atoms with Gasteiger partial charge < -0.3 is 24.5 Å². The number of hydrogen-bond acceptors (Lipinski definition) is 10. The van der Waals surface area contributed by atoms with Gasteiger partial charge in [0.05, 0.1) is 26.8 Å². The maximum absolute atomic E-state index is 13.1. The van der Waals surface area contributed by atoms with Crippen molar-refractivity contribution < 1.29 is 37.1 Å². The maximum Gasteiger partial charge on any atom is 0.493 e. The Labute approximate surface area is 215 Å². The first kappa shape index (κ1) is 30.4. The van der Waals surface area contributed by atoms with E-state index < -0.39 is 23.4 Å². The Hall–Kier alpha value is -3.84. The van der Waals surface area contributed by atoms with Crippen LogP contribution in [0.5, 0.6) is 0 Å². The van der Waals surface area contributed by atoms with Crippen molar-refractivity contribution in [2.75, 3.05) is 51.4 Å². The fourth-order valence-electron chi connectivity index (χ4n) is 3.34. The van der Waals surface area contributed by atoms with Crippen molar-refractivity contribution >= 4 is 29.1 Å². The van der Waals surface area contributed by atoms with Gasteiger partial charge in [0.1, 0.15) is 0 Å². The molecular formula is C22H29F3N6O7. The van der Waals surface area contributed by atoms with Crippen LogP contribution < -0.4 is 26.3 Å². The van der Waals surface area contributed by atoms with Gasteiger partial charge in [-0.05, 0) is 13.8 Å². The van der Waals surface area contributed by atoms with E-state index in [1.807, 2.05) is 4.90 Å². The van der Waals surface area contributed by atoms with E-state index in [0.717, 1.165) is 4.57 Å². The molecule has 0 saturated carbocycles. The molecule has 1 saturated heterocycles. The lowest BCUT2D eigenvalue weighted by atomic mass is 10.4. The minimum Gasteiger partial charge on any atom is -0.469 e. The summed E-state index contributed by atoms with van der Waals surface area (Å²) in [7, 11) is 1.35. The quantitative estimate of drug-likeness (QED) is 0.275. The molecule has 0 atom stereocenters. The molecule has 0 aromatic carbocycles. The molecule has 0 amide bonds. The van der Waals surface area contributed by atoms with E-state index in [1.54, 1.807) is 13.8 Å². The molecule has 1 aliphatic rings. The third-order valence-electron chi connectivity index (χ3n) is 5.15. The van der Waals surface area contributed by atoms with Gasteiger partial charge in [-0.1, -0.05) is 10.7 Å². The lowest BCUT2D eigenvalue weighted by molar-refractivity contribution is -0.200. The average molecular weight is 547 g/mol. The van der Waals surface area contributed by atoms with Crippen LogP contribution in [0.2, 0.25) is 0 Å². The molecular weight excluding hydrogens is 517 g/mol. The number of nitrogens with zero attached hydrogens (tertiary/aromatic N) is 5. The molecule has 13 nitrogen and oxygen atoms in total. The molecule has 3 rings (SSSR count). The van der Waals surface area contributed by atoms with Gasteiger partial charge in [0, 0.05) is 39.7 Å². The van der Waals surface area contributed by atoms with E-state index in [-0.39, 0.29) is 41.6 Å². The van der Waals surface area contributed by atoms with Gasteiger partial charge >= 0.3 is 29.4 Å². The van der Waals surface area contributed by atoms with Crippen molar-refractivity contribution in [3.63, 3.8) is 0 Å². The number of piperazine rings is 1. The summed E-state index contributed by atoms with van der Waals surface area (Å²) >= 11 is 0. The number of fused-ring (bicyclic) bond motifs is 1.